The van der Waals surface area contributed by atoms with E-state index < -0.39 is 0 Å². The summed E-state index contributed by atoms with van der Waals surface area (Å²) in [5.74, 6) is 1.98. The van der Waals surface area contributed by atoms with Crippen molar-refractivity contribution in [1.29, 1.82) is 0 Å². The van der Waals surface area contributed by atoms with Gasteiger partial charge in [-0.15, -0.1) is 0 Å². The summed E-state index contributed by atoms with van der Waals surface area (Å²) < 4.78 is 17.2. The smallest absolute Gasteiger partial charge is 0.217 e. The number of rotatable bonds is 4. The van der Waals surface area contributed by atoms with Gasteiger partial charge in [-0.05, 0) is 72.4 Å². The van der Waals surface area contributed by atoms with Crippen molar-refractivity contribution in [3.05, 3.63) is 40.5 Å². The minimum absolute atomic E-state index is 0.00391. The van der Waals surface area contributed by atoms with Gasteiger partial charge in [0, 0.05) is 12.5 Å². The average molecular weight is 424 g/mol. The van der Waals surface area contributed by atoms with Crippen LogP contribution in [0.4, 0.5) is 0 Å². The zero-order valence-electron chi connectivity index (χ0n) is 19.1. The van der Waals surface area contributed by atoms with Gasteiger partial charge in [0.25, 0.3) is 0 Å². The third kappa shape index (κ3) is 4.10. The number of methoxy groups -OCH3 is 3. The van der Waals surface area contributed by atoms with Crippen molar-refractivity contribution in [3.63, 3.8) is 0 Å². The van der Waals surface area contributed by atoms with Crippen molar-refractivity contribution >= 4 is 5.91 Å². The molecule has 0 bridgehead atoms. The van der Waals surface area contributed by atoms with E-state index in [0.717, 1.165) is 42.4 Å². The Hall–Kier alpha value is -2.69. The molecule has 0 saturated heterocycles. The maximum Gasteiger partial charge on any atom is 0.217 e. The molecule has 0 heterocycles. The highest BCUT2D eigenvalue weighted by molar-refractivity contribution is 5.84. The highest BCUT2D eigenvalue weighted by Crippen LogP contribution is 2.51. The summed E-state index contributed by atoms with van der Waals surface area (Å²) in [6.45, 7) is 1.60. The molecule has 166 valence electrons. The van der Waals surface area contributed by atoms with Gasteiger partial charge in [-0.1, -0.05) is 25.0 Å². The predicted molar refractivity (Wildman–Crippen MR) is 122 cm³/mol. The summed E-state index contributed by atoms with van der Waals surface area (Å²) in [7, 11) is 4.98. The second-order valence-corrected chi connectivity index (χ2v) is 8.59. The molecule has 0 aromatic heterocycles. The van der Waals surface area contributed by atoms with Crippen LogP contribution in [0.1, 0.15) is 67.3 Å². The van der Waals surface area contributed by atoms with E-state index in [9.17, 15) is 4.79 Å². The summed E-state index contributed by atoms with van der Waals surface area (Å²) in [6, 6.07) is 6.73. The Morgan fingerprint density at radius 2 is 1.52 bits per heavy atom. The maximum absolute atomic E-state index is 12.0. The second kappa shape index (κ2) is 9.21. The fourth-order valence-corrected chi connectivity index (χ4v) is 5.21. The number of carbonyl (C=O) groups excluding carboxylic acids is 1. The minimum Gasteiger partial charge on any atom is -0.493 e. The first-order valence-corrected chi connectivity index (χ1v) is 11.3. The molecule has 31 heavy (non-hydrogen) atoms. The third-order valence-electron chi connectivity index (χ3n) is 6.65. The quantitative estimate of drug-likeness (QED) is 0.738. The normalized spacial score (nSPS) is 17.7. The molecule has 5 nitrogen and oxygen atoms in total. The van der Waals surface area contributed by atoms with Crippen molar-refractivity contribution in [1.82, 2.24) is 5.32 Å². The molecule has 0 aliphatic heterocycles. The van der Waals surface area contributed by atoms with E-state index >= 15 is 0 Å². The van der Waals surface area contributed by atoms with E-state index in [4.69, 9.17) is 14.2 Å². The Morgan fingerprint density at radius 1 is 0.839 bits per heavy atom. The molecule has 0 radical (unpaired) electrons. The van der Waals surface area contributed by atoms with Gasteiger partial charge in [-0.2, -0.15) is 0 Å². The van der Waals surface area contributed by atoms with E-state index in [0.29, 0.717) is 17.2 Å². The predicted octanol–water partition coefficient (Wildman–Crippen LogP) is 5.16. The Morgan fingerprint density at radius 3 is 2.13 bits per heavy atom. The van der Waals surface area contributed by atoms with Gasteiger partial charge >= 0.3 is 0 Å². The average Bonchev–Trinajstić information content (AvgIpc) is 2.88. The first-order valence-electron chi connectivity index (χ1n) is 11.3. The van der Waals surface area contributed by atoms with E-state index in [-0.39, 0.29) is 11.9 Å². The Kier molecular flexibility index (Phi) is 6.40. The summed E-state index contributed by atoms with van der Waals surface area (Å²) in [5.41, 5.74) is 7.39. The molecular formula is C26H33NO4. The van der Waals surface area contributed by atoms with Gasteiger partial charge in [0.2, 0.25) is 11.7 Å². The molecule has 1 amide bonds. The van der Waals surface area contributed by atoms with Crippen molar-refractivity contribution in [2.75, 3.05) is 21.3 Å². The highest BCUT2D eigenvalue weighted by Gasteiger charge is 2.30. The number of hydrogen-bond donors (Lipinski definition) is 1. The Balaban J connectivity index is 1.99. The van der Waals surface area contributed by atoms with E-state index in [1.807, 2.05) is 0 Å². The fourth-order valence-electron chi connectivity index (χ4n) is 5.21. The molecule has 2 aliphatic carbocycles. The van der Waals surface area contributed by atoms with Crippen molar-refractivity contribution < 1.29 is 19.0 Å². The first-order chi connectivity index (χ1) is 15.1. The largest absolute Gasteiger partial charge is 0.493 e. The van der Waals surface area contributed by atoms with Gasteiger partial charge in [-0.3, -0.25) is 4.79 Å². The molecule has 2 aromatic rings. The van der Waals surface area contributed by atoms with Crippen molar-refractivity contribution in [2.24, 2.45) is 0 Å². The van der Waals surface area contributed by atoms with Crippen LogP contribution in [0.5, 0.6) is 17.2 Å². The number of benzene rings is 2. The van der Waals surface area contributed by atoms with Gasteiger partial charge in [0.05, 0.1) is 27.4 Å². The van der Waals surface area contributed by atoms with Gasteiger partial charge in [0.15, 0.2) is 11.5 Å². The molecular weight excluding hydrogens is 390 g/mol. The van der Waals surface area contributed by atoms with Crippen LogP contribution in [0.3, 0.4) is 0 Å². The lowest BCUT2D eigenvalue weighted by molar-refractivity contribution is -0.119. The molecule has 4 rings (SSSR count). The monoisotopic (exact) mass is 423 g/mol. The highest BCUT2D eigenvalue weighted by atomic mass is 16.5. The maximum atomic E-state index is 12.0. The van der Waals surface area contributed by atoms with E-state index in [1.54, 1.807) is 28.3 Å². The molecule has 2 aromatic carbocycles. The topological polar surface area (TPSA) is 56.8 Å². The third-order valence-corrected chi connectivity index (χ3v) is 6.65. The molecule has 2 aliphatic rings. The zero-order valence-corrected chi connectivity index (χ0v) is 19.1. The van der Waals surface area contributed by atoms with Crippen LogP contribution in [0, 0.1) is 0 Å². The van der Waals surface area contributed by atoms with Crippen molar-refractivity contribution in [2.45, 2.75) is 64.3 Å². The molecule has 1 atom stereocenters. The van der Waals surface area contributed by atoms with Crippen LogP contribution in [0.25, 0.3) is 11.1 Å². The lowest BCUT2D eigenvalue weighted by Crippen LogP contribution is -2.26. The SMILES string of the molecule is COc1cc2c(c(OC)c1OC)-c1cc3c(cc1[C@@H](NC(C)=O)CC2)CCCCCC3. The second-order valence-electron chi connectivity index (χ2n) is 8.59. The zero-order chi connectivity index (χ0) is 22.0. The van der Waals surface area contributed by atoms with Crippen molar-refractivity contribution in [3.8, 4) is 28.4 Å². The summed E-state index contributed by atoms with van der Waals surface area (Å²) in [4.78, 5) is 12.0. The Labute approximate surface area is 185 Å². The molecule has 1 N–H and O–H groups in total. The summed E-state index contributed by atoms with van der Waals surface area (Å²) >= 11 is 0. The number of aryl methyl sites for hydroxylation is 3. The number of amides is 1. The lowest BCUT2D eigenvalue weighted by Gasteiger charge is -2.24. The van der Waals surface area contributed by atoms with Crippen LogP contribution in [-0.4, -0.2) is 27.2 Å². The number of carbonyl (C=O) groups is 1. The van der Waals surface area contributed by atoms with Crippen LogP contribution in [0.15, 0.2) is 18.2 Å². The minimum atomic E-state index is -0.0302. The Bertz CT molecular complexity index is 982. The molecule has 0 unspecified atom stereocenters. The van der Waals surface area contributed by atoms with Crippen LogP contribution < -0.4 is 19.5 Å². The van der Waals surface area contributed by atoms with Gasteiger partial charge in [-0.25, -0.2) is 0 Å². The number of fused-ring (bicyclic) bond motifs is 4. The summed E-state index contributed by atoms with van der Waals surface area (Å²) in [6.07, 6.45) is 8.87. The molecule has 0 spiro atoms. The number of nitrogens with one attached hydrogen (secondary N) is 1. The van der Waals surface area contributed by atoms with Crippen LogP contribution in [0.2, 0.25) is 0 Å². The van der Waals surface area contributed by atoms with Gasteiger partial charge < -0.3 is 19.5 Å². The lowest BCUT2D eigenvalue weighted by atomic mass is 9.85. The van der Waals surface area contributed by atoms with E-state index in [1.165, 1.54) is 42.4 Å². The first kappa shape index (κ1) is 21.5. The fraction of sp³-hybridized carbons (Fsp3) is 0.500. The number of ether oxygens (including phenoxy) is 3. The standard InChI is InChI=1S/C26H33NO4/c1-16(28)27-22-12-11-19-15-23(29-2)25(30-3)26(31-4)24(19)21-14-18-10-8-6-5-7-9-17(18)13-20(21)22/h13-15,22H,5-12H2,1-4H3,(H,27,28)/t22-/m0/s1. The molecule has 5 heteroatoms. The number of hydrogen-bond acceptors (Lipinski definition) is 4. The molecule has 0 fully saturated rings. The molecule has 0 saturated carbocycles. The summed E-state index contributed by atoms with van der Waals surface area (Å²) in [5, 5.41) is 3.20. The van der Waals surface area contributed by atoms with Gasteiger partial charge in [0.1, 0.15) is 0 Å². The van der Waals surface area contributed by atoms with E-state index in [2.05, 4.69) is 23.5 Å². The van der Waals surface area contributed by atoms with Crippen LogP contribution in [-0.2, 0) is 24.1 Å². The van der Waals surface area contributed by atoms with Crippen LogP contribution >= 0.6 is 0 Å².